The lowest BCUT2D eigenvalue weighted by atomic mass is 10.1. The number of ether oxygens (including phenoxy) is 1. The van der Waals surface area contributed by atoms with Crippen LogP contribution in [0.1, 0.15) is 33.1 Å². The normalized spacial score (nSPS) is 25.3. The Bertz CT molecular complexity index is 259. The second kappa shape index (κ2) is 6.35. The molecule has 1 aliphatic heterocycles. The topological polar surface area (TPSA) is 63.6 Å². The van der Waals surface area contributed by atoms with E-state index in [9.17, 15) is 9.00 Å². The summed E-state index contributed by atoms with van der Waals surface area (Å²) in [4.78, 5) is 11.0. The van der Waals surface area contributed by atoms with Crippen LogP contribution < -0.4 is 0 Å². The number of rotatable bonds is 5. The van der Waals surface area contributed by atoms with E-state index < -0.39 is 22.0 Å². The van der Waals surface area contributed by atoms with E-state index in [2.05, 4.69) is 0 Å². The largest absolute Gasteiger partial charge is 0.480 e. The summed E-state index contributed by atoms with van der Waals surface area (Å²) in [7, 11) is -1.34. The van der Waals surface area contributed by atoms with Crippen LogP contribution in [0.3, 0.4) is 0 Å². The van der Waals surface area contributed by atoms with Gasteiger partial charge in [0.15, 0.2) is 0 Å². The van der Waals surface area contributed by atoms with Gasteiger partial charge in [0, 0.05) is 17.4 Å². The molecule has 0 aliphatic carbocycles. The van der Waals surface area contributed by atoms with E-state index in [4.69, 9.17) is 9.84 Å². The van der Waals surface area contributed by atoms with Crippen molar-refractivity contribution < 1.29 is 18.8 Å². The Balaban J connectivity index is 2.51. The van der Waals surface area contributed by atoms with Gasteiger partial charge in [-0.05, 0) is 25.2 Å². The first-order valence-corrected chi connectivity index (χ1v) is 7.12. The molecule has 0 aromatic carbocycles. The van der Waals surface area contributed by atoms with Crippen LogP contribution in [0.25, 0.3) is 0 Å². The first-order valence-electron chi connectivity index (χ1n) is 5.74. The summed E-state index contributed by atoms with van der Waals surface area (Å²) >= 11 is 0. The molecule has 1 aliphatic rings. The molecular weight excluding hydrogens is 228 g/mol. The van der Waals surface area contributed by atoms with Gasteiger partial charge in [-0.2, -0.15) is 0 Å². The van der Waals surface area contributed by atoms with Crippen LogP contribution in [0, 0.1) is 5.92 Å². The predicted octanol–water partition coefficient (Wildman–Crippen LogP) is 1.41. The second-order valence-corrected chi connectivity index (χ2v) is 6.14. The summed E-state index contributed by atoms with van der Waals surface area (Å²) in [6.45, 7) is 4.29. The lowest BCUT2D eigenvalue weighted by Gasteiger charge is -2.24. The van der Waals surface area contributed by atoms with E-state index in [1.54, 1.807) is 13.8 Å². The lowest BCUT2D eigenvalue weighted by molar-refractivity contribution is -0.137. The molecule has 0 saturated carbocycles. The van der Waals surface area contributed by atoms with E-state index in [0.717, 1.165) is 19.3 Å². The highest BCUT2D eigenvalue weighted by Crippen LogP contribution is 2.17. The average Bonchev–Trinajstić information content (AvgIpc) is 2.17. The quantitative estimate of drug-likeness (QED) is 0.799. The van der Waals surface area contributed by atoms with Gasteiger partial charge in [0.2, 0.25) is 0 Å². The van der Waals surface area contributed by atoms with Crippen molar-refractivity contribution in [3.8, 4) is 0 Å². The van der Waals surface area contributed by atoms with Gasteiger partial charge in [0.05, 0.1) is 11.9 Å². The minimum absolute atomic E-state index is 0.0183. The van der Waals surface area contributed by atoms with Gasteiger partial charge in [-0.1, -0.05) is 13.8 Å². The molecule has 5 heteroatoms. The maximum absolute atomic E-state index is 11.9. The molecule has 0 amide bonds. The Morgan fingerprint density at radius 2 is 2.19 bits per heavy atom. The fourth-order valence-corrected chi connectivity index (χ4v) is 3.60. The Morgan fingerprint density at radius 1 is 1.50 bits per heavy atom. The molecule has 94 valence electrons. The minimum Gasteiger partial charge on any atom is -0.480 e. The first kappa shape index (κ1) is 13.6. The average molecular weight is 248 g/mol. The molecular formula is C11H20O4S. The molecule has 0 bridgehead atoms. The molecule has 4 nitrogen and oxygen atoms in total. The maximum atomic E-state index is 11.9. The van der Waals surface area contributed by atoms with Gasteiger partial charge >= 0.3 is 5.97 Å². The standard InChI is InChI=1S/C11H20O4S/c1-8(2)10(11(12)13)16(14)7-9-5-3-4-6-15-9/h8-10H,3-7H2,1-2H3,(H,12,13). The third-order valence-corrected chi connectivity index (χ3v) is 4.77. The summed E-state index contributed by atoms with van der Waals surface area (Å²) in [5.74, 6) is -0.721. The third-order valence-electron chi connectivity index (χ3n) is 2.76. The van der Waals surface area contributed by atoms with Crippen molar-refractivity contribution in [2.45, 2.75) is 44.5 Å². The maximum Gasteiger partial charge on any atom is 0.319 e. The number of hydrogen-bond donors (Lipinski definition) is 1. The summed E-state index contributed by atoms with van der Waals surface area (Å²) in [5, 5.41) is 8.24. The summed E-state index contributed by atoms with van der Waals surface area (Å²) < 4.78 is 17.4. The van der Waals surface area contributed by atoms with Crippen molar-refractivity contribution in [1.29, 1.82) is 0 Å². The molecule has 0 spiro atoms. The molecule has 3 atom stereocenters. The van der Waals surface area contributed by atoms with Gasteiger partial charge in [-0.15, -0.1) is 0 Å². The van der Waals surface area contributed by atoms with Crippen molar-refractivity contribution in [3.05, 3.63) is 0 Å². The molecule has 1 saturated heterocycles. The van der Waals surface area contributed by atoms with Crippen molar-refractivity contribution in [2.75, 3.05) is 12.4 Å². The van der Waals surface area contributed by atoms with E-state index in [1.165, 1.54) is 0 Å². The Morgan fingerprint density at radius 3 is 2.62 bits per heavy atom. The predicted molar refractivity (Wildman–Crippen MR) is 62.9 cm³/mol. The molecule has 0 aromatic heterocycles. The van der Waals surface area contributed by atoms with Crippen LogP contribution in [0.5, 0.6) is 0 Å². The SMILES string of the molecule is CC(C)C(C(=O)O)S(=O)CC1CCCCO1. The fourth-order valence-electron chi connectivity index (χ4n) is 1.93. The van der Waals surface area contributed by atoms with Crippen LogP contribution in [-0.2, 0) is 20.3 Å². The molecule has 0 radical (unpaired) electrons. The van der Waals surface area contributed by atoms with Gasteiger partial charge in [-0.3, -0.25) is 9.00 Å². The van der Waals surface area contributed by atoms with Crippen LogP contribution in [0.4, 0.5) is 0 Å². The van der Waals surface area contributed by atoms with Gasteiger partial charge in [0.1, 0.15) is 5.25 Å². The highest BCUT2D eigenvalue weighted by Gasteiger charge is 2.30. The summed E-state index contributed by atoms with van der Waals surface area (Å²) in [6, 6.07) is 0. The molecule has 1 rings (SSSR count). The Hall–Kier alpha value is -0.420. The molecule has 1 N–H and O–H groups in total. The number of carboxylic acids is 1. The van der Waals surface area contributed by atoms with E-state index in [1.807, 2.05) is 0 Å². The number of carbonyl (C=O) groups is 1. The van der Waals surface area contributed by atoms with E-state index in [-0.39, 0.29) is 12.0 Å². The smallest absolute Gasteiger partial charge is 0.319 e. The van der Waals surface area contributed by atoms with Crippen molar-refractivity contribution >= 4 is 16.8 Å². The second-order valence-electron chi connectivity index (χ2n) is 4.54. The Kier molecular flexibility index (Phi) is 5.41. The zero-order valence-corrected chi connectivity index (χ0v) is 10.7. The third kappa shape index (κ3) is 3.87. The highest BCUT2D eigenvalue weighted by atomic mass is 32.2. The van der Waals surface area contributed by atoms with Crippen molar-refractivity contribution in [1.82, 2.24) is 0 Å². The zero-order chi connectivity index (χ0) is 12.1. The zero-order valence-electron chi connectivity index (χ0n) is 9.85. The number of aliphatic carboxylic acids is 1. The lowest BCUT2D eigenvalue weighted by Crippen LogP contribution is -2.36. The van der Waals surface area contributed by atoms with Gasteiger partial charge < -0.3 is 9.84 Å². The number of carboxylic acid groups (broad SMARTS) is 1. The minimum atomic E-state index is -1.34. The van der Waals surface area contributed by atoms with Crippen LogP contribution in [-0.4, -0.2) is 39.0 Å². The van der Waals surface area contributed by atoms with E-state index >= 15 is 0 Å². The van der Waals surface area contributed by atoms with Gasteiger partial charge in [-0.25, -0.2) is 0 Å². The van der Waals surface area contributed by atoms with Crippen LogP contribution >= 0.6 is 0 Å². The molecule has 0 aromatic rings. The monoisotopic (exact) mass is 248 g/mol. The van der Waals surface area contributed by atoms with Crippen molar-refractivity contribution in [3.63, 3.8) is 0 Å². The van der Waals surface area contributed by atoms with Crippen LogP contribution in [0.15, 0.2) is 0 Å². The number of hydrogen-bond acceptors (Lipinski definition) is 3. The van der Waals surface area contributed by atoms with Gasteiger partial charge in [0.25, 0.3) is 0 Å². The molecule has 1 fully saturated rings. The first-order chi connectivity index (χ1) is 7.52. The van der Waals surface area contributed by atoms with E-state index in [0.29, 0.717) is 12.4 Å². The van der Waals surface area contributed by atoms with Crippen LogP contribution in [0.2, 0.25) is 0 Å². The molecule has 16 heavy (non-hydrogen) atoms. The summed E-state index contributed by atoms with van der Waals surface area (Å²) in [5.41, 5.74) is 0. The molecule has 3 unspecified atom stereocenters. The highest BCUT2D eigenvalue weighted by molar-refractivity contribution is 7.86. The van der Waals surface area contributed by atoms with Crippen molar-refractivity contribution in [2.24, 2.45) is 5.92 Å². The fraction of sp³-hybridized carbons (Fsp3) is 0.909. The Labute approximate surface area is 98.8 Å². The molecule has 1 heterocycles. The summed E-state index contributed by atoms with van der Waals surface area (Å²) in [6.07, 6.45) is 3.02.